The van der Waals surface area contributed by atoms with E-state index in [0.717, 1.165) is 32.2 Å². The van der Waals surface area contributed by atoms with Crippen molar-refractivity contribution in [3.63, 3.8) is 0 Å². The minimum absolute atomic E-state index is 0.0943. The third-order valence-electron chi connectivity index (χ3n) is 8.92. The number of fused-ring (bicyclic) bond motifs is 1. The topological polar surface area (TPSA) is 58.3 Å². The summed E-state index contributed by atoms with van der Waals surface area (Å²) in [4.78, 5) is 0. The summed E-state index contributed by atoms with van der Waals surface area (Å²) >= 11 is 0. The smallest absolute Gasteiger partial charge is 0.0544 e. The largest absolute Gasteiger partial charge is 0.396 e. The van der Waals surface area contributed by atoms with Crippen LogP contribution in [0.4, 0.5) is 0 Å². The molecule has 3 saturated carbocycles. The van der Waals surface area contributed by atoms with E-state index in [1.807, 2.05) is 12.3 Å². The standard InChI is InChI=1S/C23H36N2O2/c1-16-5-6-20-19(14-25-12-4-11-24-25)21(8-10-22(16,20)2)23(3)9-7-18(27)13-17(23)15-26/h4,11-12,17-21,26-27H,1,5-10,13-15H2,2-3H3/t17-,18+,19+,20+,21+,22-,23+/m1/s1. The average molecular weight is 373 g/mol. The predicted molar refractivity (Wildman–Crippen MR) is 107 cm³/mol. The second kappa shape index (κ2) is 7.04. The highest BCUT2D eigenvalue weighted by Crippen LogP contribution is 2.63. The molecular weight excluding hydrogens is 336 g/mol. The Balaban J connectivity index is 1.68. The molecule has 3 aliphatic rings. The van der Waals surface area contributed by atoms with Crippen molar-refractivity contribution in [2.24, 2.45) is 34.5 Å². The average Bonchev–Trinajstić information content (AvgIpc) is 3.26. The van der Waals surface area contributed by atoms with Crippen molar-refractivity contribution in [3.05, 3.63) is 30.6 Å². The Labute approximate surface area is 163 Å². The molecule has 0 amide bonds. The first-order valence-corrected chi connectivity index (χ1v) is 10.8. The summed E-state index contributed by atoms with van der Waals surface area (Å²) in [6.45, 7) is 10.4. The first-order valence-electron chi connectivity index (χ1n) is 10.8. The molecule has 4 nitrogen and oxygen atoms in total. The molecule has 0 saturated heterocycles. The Morgan fingerprint density at radius 1 is 1.22 bits per heavy atom. The van der Waals surface area contributed by atoms with Gasteiger partial charge in [0, 0.05) is 25.5 Å². The van der Waals surface area contributed by atoms with Crippen LogP contribution in [0.15, 0.2) is 30.6 Å². The van der Waals surface area contributed by atoms with Gasteiger partial charge in [-0.1, -0.05) is 26.0 Å². The Bertz CT molecular complexity index is 672. The maximum atomic E-state index is 10.2. The van der Waals surface area contributed by atoms with Gasteiger partial charge in [0.25, 0.3) is 0 Å². The number of aromatic nitrogens is 2. The summed E-state index contributed by atoms with van der Waals surface area (Å²) in [7, 11) is 0. The van der Waals surface area contributed by atoms with Crippen molar-refractivity contribution >= 4 is 0 Å². The number of hydrogen-bond acceptors (Lipinski definition) is 3. The third kappa shape index (κ3) is 3.09. The second-order valence-electron chi connectivity index (χ2n) is 10.0. The van der Waals surface area contributed by atoms with Gasteiger partial charge in [-0.2, -0.15) is 5.10 Å². The molecule has 4 rings (SSSR count). The van der Waals surface area contributed by atoms with E-state index in [1.165, 1.54) is 24.8 Å². The van der Waals surface area contributed by atoms with Crippen LogP contribution in [-0.2, 0) is 6.54 Å². The molecule has 1 aromatic rings. The molecule has 2 N–H and O–H groups in total. The Morgan fingerprint density at radius 3 is 2.74 bits per heavy atom. The van der Waals surface area contributed by atoms with Crippen LogP contribution in [0.2, 0.25) is 0 Å². The molecule has 0 bridgehead atoms. The van der Waals surface area contributed by atoms with Gasteiger partial charge >= 0.3 is 0 Å². The van der Waals surface area contributed by atoms with Crippen LogP contribution < -0.4 is 0 Å². The molecule has 0 aromatic carbocycles. The maximum absolute atomic E-state index is 10.2. The fourth-order valence-electron chi connectivity index (χ4n) is 7.06. The highest BCUT2D eigenvalue weighted by molar-refractivity contribution is 5.20. The minimum atomic E-state index is -0.250. The Morgan fingerprint density at radius 2 is 2.04 bits per heavy atom. The lowest BCUT2D eigenvalue weighted by atomic mass is 9.49. The molecule has 3 aliphatic carbocycles. The van der Waals surface area contributed by atoms with Crippen LogP contribution in [0.25, 0.3) is 0 Å². The van der Waals surface area contributed by atoms with Crippen LogP contribution in [0.1, 0.15) is 58.8 Å². The van der Waals surface area contributed by atoms with E-state index in [9.17, 15) is 10.2 Å². The van der Waals surface area contributed by atoms with Gasteiger partial charge < -0.3 is 10.2 Å². The van der Waals surface area contributed by atoms with Crippen LogP contribution in [0.5, 0.6) is 0 Å². The van der Waals surface area contributed by atoms with Gasteiger partial charge in [0.05, 0.1) is 6.10 Å². The summed E-state index contributed by atoms with van der Waals surface area (Å²) in [5, 5.41) is 24.9. The molecule has 1 aromatic heterocycles. The summed E-state index contributed by atoms with van der Waals surface area (Å²) in [5.74, 6) is 1.96. The molecular formula is C23H36N2O2. The molecule has 3 fully saturated rings. The number of hydrogen-bond donors (Lipinski definition) is 2. The van der Waals surface area contributed by atoms with E-state index in [0.29, 0.717) is 17.8 Å². The number of nitrogens with zero attached hydrogens (tertiary/aromatic N) is 2. The van der Waals surface area contributed by atoms with Crippen molar-refractivity contribution in [2.45, 2.75) is 71.4 Å². The van der Waals surface area contributed by atoms with E-state index in [-0.39, 0.29) is 29.5 Å². The Hall–Kier alpha value is -1.13. The quantitative estimate of drug-likeness (QED) is 0.784. The fraction of sp³-hybridized carbons (Fsp3) is 0.783. The van der Waals surface area contributed by atoms with E-state index in [2.05, 4.69) is 36.4 Å². The van der Waals surface area contributed by atoms with Crippen molar-refractivity contribution in [1.29, 1.82) is 0 Å². The molecule has 0 unspecified atom stereocenters. The number of rotatable bonds is 4. The van der Waals surface area contributed by atoms with Gasteiger partial charge in [-0.15, -0.1) is 0 Å². The fourth-order valence-corrected chi connectivity index (χ4v) is 7.06. The van der Waals surface area contributed by atoms with Gasteiger partial charge in [-0.05, 0) is 85.5 Å². The van der Waals surface area contributed by atoms with Crippen molar-refractivity contribution < 1.29 is 10.2 Å². The zero-order chi connectivity index (χ0) is 19.2. The lowest BCUT2D eigenvalue weighted by molar-refractivity contribution is -0.0981. The molecule has 0 spiro atoms. The van der Waals surface area contributed by atoms with Gasteiger partial charge in [-0.3, -0.25) is 4.68 Å². The van der Waals surface area contributed by atoms with Gasteiger partial charge in [0.1, 0.15) is 0 Å². The highest BCUT2D eigenvalue weighted by atomic mass is 16.3. The first kappa shape index (κ1) is 19.2. The van der Waals surface area contributed by atoms with E-state index >= 15 is 0 Å². The first-order chi connectivity index (χ1) is 12.9. The van der Waals surface area contributed by atoms with E-state index < -0.39 is 0 Å². The molecule has 0 radical (unpaired) electrons. The maximum Gasteiger partial charge on any atom is 0.0544 e. The number of aliphatic hydroxyl groups excluding tert-OH is 2. The summed E-state index contributed by atoms with van der Waals surface area (Å²) in [6, 6.07) is 2.01. The molecule has 27 heavy (non-hydrogen) atoms. The molecule has 1 heterocycles. The van der Waals surface area contributed by atoms with E-state index in [4.69, 9.17) is 0 Å². The van der Waals surface area contributed by atoms with Gasteiger partial charge in [-0.25, -0.2) is 0 Å². The third-order valence-corrected chi connectivity index (χ3v) is 8.92. The Kier molecular flexibility index (Phi) is 5.00. The number of allylic oxidation sites excluding steroid dienone is 1. The van der Waals surface area contributed by atoms with E-state index in [1.54, 1.807) is 0 Å². The highest BCUT2D eigenvalue weighted by Gasteiger charge is 2.56. The summed E-state index contributed by atoms with van der Waals surface area (Å²) in [5.41, 5.74) is 1.80. The van der Waals surface area contributed by atoms with Gasteiger partial charge in [0.2, 0.25) is 0 Å². The van der Waals surface area contributed by atoms with Crippen LogP contribution >= 0.6 is 0 Å². The molecule has 7 atom stereocenters. The monoisotopic (exact) mass is 372 g/mol. The zero-order valence-corrected chi connectivity index (χ0v) is 17.0. The van der Waals surface area contributed by atoms with Crippen molar-refractivity contribution in [1.82, 2.24) is 9.78 Å². The molecule has 4 heteroatoms. The SMILES string of the molecule is C=C1CC[C@H]2[C@H](Cn3cccn3)[C@@H]([C@@]3(C)CC[C@H](O)C[C@@H]3CO)CC[C@]12C. The van der Waals surface area contributed by atoms with Crippen LogP contribution in [0, 0.1) is 34.5 Å². The lowest BCUT2D eigenvalue weighted by Crippen LogP contribution is -2.52. The second-order valence-corrected chi connectivity index (χ2v) is 10.0. The van der Waals surface area contributed by atoms with Crippen LogP contribution in [0.3, 0.4) is 0 Å². The lowest BCUT2D eigenvalue weighted by Gasteiger charge is -2.56. The summed E-state index contributed by atoms with van der Waals surface area (Å²) < 4.78 is 2.11. The predicted octanol–water partition coefficient (Wildman–Crippen LogP) is 4.04. The molecule has 0 aliphatic heterocycles. The van der Waals surface area contributed by atoms with Crippen molar-refractivity contribution in [2.75, 3.05) is 6.61 Å². The normalized spacial score (nSPS) is 45.0. The minimum Gasteiger partial charge on any atom is -0.396 e. The van der Waals surface area contributed by atoms with Crippen molar-refractivity contribution in [3.8, 4) is 0 Å². The number of aliphatic hydroxyl groups is 2. The zero-order valence-electron chi connectivity index (χ0n) is 17.0. The summed E-state index contributed by atoms with van der Waals surface area (Å²) in [6.07, 6.45) is 11.1. The van der Waals surface area contributed by atoms with Gasteiger partial charge in [0.15, 0.2) is 0 Å². The molecule has 150 valence electrons. The van der Waals surface area contributed by atoms with Crippen LogP contribution in [-0.4, -0.2) is 32.7 Å².